The SMILES string of the molecule is CCCc1noc(CCC(=O)N2CCN(S(=O)(=O)N(CC)CC)CC2)n1. The number of hydrogen-bond donors (Lipinski definition) is 0. The Labute approximate surface area is 155 Å². The van der Waals surface area contributed by atoms with Crippen molar-refractivity contribution in [3.63, 3.8) is 0 Å². The number of aryl methyl sites for hydroxylation is 2. The second-order valence-electron chi connectivity index (χ2n) is 6.23. The van der Waals surface area contributed by atoms with Gasteiger partial charge in [-0.1, -0.05) is 25.9 Å². The first-order valence-corrected chi connectivity index (χ1v) is 10.7. The predicted molar refractivity (Wildman–Crippen MR) is 96.6 cm³/mol. The summed E-state index contributed by atoms with van der Waals surface area (Å²) < 4.78 is 33.1. The van der Waals surface area contributed by atoms with Crippen LogP contribution in [0.3, 0.4) is 0 Å². The maximum Gasteiger partial charge on any atom is 0.282 e. The fourth-order valence-corrected chi connectivity index (χ4v) is 4.57. The summed E-state index contributed by atoms with van der Waals surface area (Å²) >= 11 is 0. The van der Waals surface area contributed by atoms with Gasteiger partial charge in [0.1, 0.15) is 0 Å². The van der Waals surface area contributed by atoms with Gasteiger partial charge in [-0.05, 0) is 6.42 Å². The second kappa shape index (κ2) is 9.43. The highest BCUT2D eigenvalue weighted by atomic mass is 32.2. The molecule has 1 aromatic rings. The molecule has 0 bridgehead atoms. The Balaban J connectivity index is 1.82. The Bertz CT molecular complexity index is 679. The molecule has 0 aliphatic carbocycles. The summed E-state index contributed by atoms with van der Waals surface area (Å²) in [6.45, 7) is 8.05. The van der Waals surface area contributed by atoms with Crippen molar-refractivity contribution in [2.45, 2.75) is 46.5 Å². The monoisotopic (exact) mass is 387 g/mol. The molecule has 0 radical (unpaired) electrons. The maximum atomic E-state index is 12.5. The van der Waals surface area contributed by atoms with Gasteiger partial charge in [-0.3, -0.25) is 4.79 Å². The number of carbonyl (C=O) groups excluding carboxylic acids is 1. The number of nitrogens with zero attached hydrogens (tertiary/aromatic N) is 5. The van der Waals surface area contributed by atoms with Crippen LogP contribution in [-0.4, -0.2) is 77.2 Å². The highest BCUT2D eigenvalue weighted by Gasteiger charge is 2.32. The van der Waals surface area contributed by atoms with Gasteiger partial charge < -0.3 is 9.42 Å². The fraction of sp³-hybridized carbons (Fsp3) is 0.812. The number of rotatable bonds is 9. The van der Waals surface area contributed by atoms with E-state index >= 15 is 0 Å². The minimum Gasteiger partial charge on any atom is -0.340 e. The molecule has 0 N–H and O–H groups in total. The fourth-order valence-electron chi connectivity index (χ4n) is 2.97. The van der Waals surface area contributed by atoms with E-state index in [1.54, 1.807) is 4.90 Å². The molecule has 0 aromatic carbocycles. The van der Waals surface area contributed by atoms with E-state index in [-0.39, 0.29) is 12.3 Å². The molecule has 1 fully saturated rings. The van der Waals surface area contributed by atoms with Gasteiger partial charge in [-0.25, -0.2) is 0 Å². The summed E-state index contributed by atoms with van der Waals surface area (Å²) in [6, 6.07) is 0. The summed E-state index contributed by atoms with van der Waals surface area (Å²) in [7, 11) is -3.44. The van der Waals surface area contributed by atoms with Crippen LogP contribution < -0.4 is 0 Å². The van der Waals surface area contributed by atoms with Crippen molar-refractivity contribution in [2.75, 3.05) is 39.3 Å². The maximum absolute atomic E-state index is 12.5. The molecule has 2 rings (SSSR count). The van der Waals surface area contributed by atoms with Crippen LogP contribution in [0.1, 0.15) is 45.3 Å². The van der Waals surface area contributed by atoms with Crippen LogP contribution in [0, 0.1) is 0 Å². The van der Waals surface area contributed by atoms with Crippen molar-refractivity contribution in [2.24, 2.45) is 0 Å². The van der Waals surface area contributed by atoms with Crippen LogP contribution in [0.15, 0.2) is 4.52 Å². The number of piperazine rings is 1. The molecule has 10 heteroatoms. The summed E-state index contributed by atoms with van der Waals surface area (Å²) in [5.74, 6) is 1.13. The van der Waals surface area contributed by atoms with E-state index in [1.807, 2.05) is 20.8 Å². The molecule has 2 heterocycles. The number of hydrogen-bond acceptors (Lipinski definition) is 6. The molecule has 1 amide bonds. The molecule has 1 aliphatic rings. The van der Waals surface area contributed by atoms with Gasteiger partial charge in [0.05, 0.1) is 0 Å². The first kappa shape index (κ1) is 20.8. The molecule has 1 saturated heterocycles. The summed E-state index contributed by atoms with van der Waals surface area (Å²) in [5.41, 5.74) is 0. The summed E-state index contributed by atoms with van der Waals surface area (Å²) in [5, 5.41) is 3.88. The van der Waals surface area contributed by atoms with Crippen LogP contribution in [0.4, 0.5) is 0 Å². The van der Waals surface area contributed by atoms with E-state index in [1.165, 1.54) is 8.61 Å². The van der Waals surface area contributed by atoms with E-state index in [9.17, 15) is 13.2 Å². The van der Waals surface area contributed by atoms with Gasteiger partial charge in [0, 0.05) is 58.5 Å². The van der Waals surface area contributed by atoms with Crippen LogP contribution in [-0.2, 0) is 27.8 Å². The summed E-state index contributed by atoms with van der Waals surface area (Å²) in [6.07, 6.45) is 2.41. The van der Waals surface area contributed by atoms with Crippen molar-refractivity contribution < 1.29 is 17.7 Å². The first-order chi connectivity index (χ1) is 12.4. The third kappa shape index (κ3) is 5.01. The van der Waals surface area contributed by atoms with Gasteiger partial charge >= 0.3 is 0 Å². The average molecular weight is 388 g/mol. The zero-order valence-corrected chi connectivity index (χ0v) is 16.7. The minimum absolute atomic E-state index is 0.0138. The van der Waals surface area contributed by atoms with Crippen molar-refractivity contribution in [1.82, 2.24) is 23.7 Å². The molecule has 148 valence electrons. The molecule has 1 aromatic heterocycles. The van der Waals surface area contributed by atoms with Gasteiger partial charge in [0.2, 0.25) is 11.8 Å². The van der Waals surface area contributed by atoms with E-state index in [0.717, 1.165) is 12.8 Å². The number of aromatic nitrogens is 2. The third-order valence-corrected chi connectivity index (χ3v) is 6.67. The zero-order chi connectivity index (χ0) is 19.2. The minimum atomic E-state index is -3.44. The van der Waals surface area contributed by atoms with Crippen molar-refractivity contribution in [1.29, 1.82) is 0 Å². The molecule has 26 heavy (non-hydrogen) atoms. The normalized spacial score (nSPS) is 16.4. The van der Waals surface area contributed by atoms with Crippen molar-refractivity contribution in [3.8, 4) is 0 Å². The lowest BCUT2D eigenvalue weighted by molar-refractivity contribution is -0.132. The van der Waals surface area contributed by atoms with Crippen LogP contribution in [0.5, 0.6) is 0 Å². The Kier molecular flexibility index (Phi) is 7.54. The first-order valence-electron chi connectivity index (χ1n) is 9.26. The predicted octanol–water partition coefficient (Wildman–Crippen LogP) is 0.686. The Morgan fingerprint density at radius 1 is 1.12 bits per heavy atom. The standard InChI is InChI=1S/C16H29N5O4S/c1-4-7-14-17-15(25-18-14)8-9-16(22)19-10-12-21(13-11-19)26(23,24)20(5-2)6-3/h4-13H2,1-3H3. The van der Waals surface area contributed by atoms with E-state index in [2.05, 4.69) is 10.1 Å². The molecular formula is C16H29N5O4S. The van der Waals surface area contributed by atoms with Crippen LogP contribution in [0.25, 0.3) is 0 Å². The average Bonchev–Trinajstić information content (AvgIpc) is 3.08. The Hall–Kier alpha value is -1.52. The number of carbonyl (C=O) groups is 1. The van der Waals surface area contributed by atoms with Crippen LogP contribution >= 0.6 is 0 Å². The van der Waals surface area contributed by atoms with Crippen molar-refractivity contribution in [3.05, 3.63) is 11.7 Å². The van der Waals surface area contributed by atoms with Crippen molar-refractivity contribution >= 4 is 16.1 Å². The quantitative estimate of drug-likeness (QED) is 0.618. The molecule has 0 spiro atoms. The molecule has 0 atom stereocenters. The molecular weight excluding hydrogens is 358 g/mol. The highest BCUT2D eigenvalue weighted by molar-refractivity contribution is 7.86. The van der Waals surface area contributed by atoms with E-state index in [0.29, 0.717) is 57.4 Å². The lowest BCUT2D eigenvalue weighted by Gasteiger charge is -2.36. The lowest BCUT2D eigenvalue weighted by Crippen LogP contribution is -2.54. The zero-order valence-electron chi connectivity index (χ0n) is 15.8. The topological polar surface area (TPSA) is 99.8 Å². The number of amides is 1. The second-order valence-corrected chi connectivity index (χ2v) is 8.15. The third-order valence-electron chi connectivity index (χ3n) is 4.49. The van der Waals surface area contributed by atoms with Gasteiger partial charge in [0.25, 0.3) is 10.2 Å². The van der Waals surface area contributed by atoms with Gasteiger partial charge in [-0.2, -0.15) is 22.0 Å². The Morgan fingerprint density at radius 3 is 2.35 bits per heavy atom. The van der Waals surface area contributed by atoms with Crippen LogP contribution in [0.2, 0.25) is 0 Å². The highest BCUT2D eigenvalue weighted by Crippen LogP contribution is 2.13. The van der Waals surface area contributed by atoms with E-state index in [4.69, 9.17) is 4.52 Å². The molecule has 9 nitrogen and oxygen atoms in total. The van der Waals surface area contributed by atoms with Gasteiger partial charge in [-0.15, -0.1) is 0 Å². The summed E-state index contributed by atoms with van der Waals surface area (Å²) in [4.78, 5) is 18.3. The lowest BCUT2D eigenvalue weighted by atomic mass is 10.2. The molecule has 0 saturated carbocycles. The van der Waals surface area contributed by atoms with E-state index < -0.39 is 10.2 Å². The molecule has 1 aliphatic heterocycles. The van der Waals surface area contributed by atoms with Gasteiger partial charge in [0.15, 0.2) is 5.82 Å². The Morgan fingerprint density at radius 2 is 1.77 bits per heavy atom. The largest absolute Gasteiger partial charge is 0.340 e. The molecule has 0 unspecified atom stereocenters. The smallest absolute Gasteiger partial charge is 0.282 e.